The number of nitrogens with zero attached hydrogens (tertiary/aromatic N) is 1. The van der Waals surface area contributed by atoms with Crippen molar-refractivity contribution in [1.82, 2.24) is 10.3 Å². The summed E-state index contributed by atoms with van der Waals surface area (Å²) in [5, 5.41) is 3.12. The molecule has 1 aliphatic rings. The largest absolute Gasteiger partial charge is 0.384 e. The monoisotopic (exact) mass is 276 g/mol. The molecular weight excluding hydrogens is 252 g/mol. The SMILES string of the molecule is COCC1(C(=O)N[C@H](C)Cc2cccc(C)n2)CCC1. The van der Waals surface area contributed by atoms with Gasteiger partial charge in [0.2, 0.25) is 5.91 Å². The summed E-state index contributed by atoms with van der Waals surface area (Å²) < 4.78 is 5.21. The van der Waals surface area contributed by atoms with Crippen molar-refractivity contribution in [2.75, 3.05) is 13.7 Å². The summed E-state index contributed by atoms with van der Waals surface area (Å²) >= 11 is 0. The van der Waals surface area contributed by atoms with Crippen molar-refractivity contribution in [2.24, 2.45) is 5.41 Å². The van der Waals surface area contributed by atoms with Crippen LogP contribution in [0.15, 0.2) is 18.2 Å². The van der Waals surface area contributed by atoms with Gasteiger partial charge in [-0.05, 0) is 38.8 Å². The number of carbonyl (C=O) groups excluding carboxylic acids is 1. The average molecular weight is 276 g/mol. The zero-order chi connectivity index (χ0) is 14.6. The molecule has 1 heterocycles. The Morgan fingerprint density at radius 1 is 1.50 bits per heavy atom. The van der Waals surface area contributed by atoms with Crippen LogP contribution in [0.25, 0.3) is 0 Å². The third kappa shape index (κ3) is 3.37. The fraction of sp³-hybridized carbons (Fsp3) is 0.625. The molecule has 4 nitrogen and oxygen atoms in total. The van der Waals surface area contributed by atoms with Gasteiger partial charge in [-0.2, -0.15) is 0 Å². The molecule has 1 saturated carbocycles. The van der Waals surface area contributed by atoms with Crippen molar-refractivity contribution in [1.29, 1.82) is 0 Å². The van der Waals surface area contributed by atoms with E-state index < -0.39 is 0 Å². The molecule has 110 valence electrons. The van der Waals surface area contributed by atoms with Crippen LogP contribution >= 0.6 is 0 Å². The molecule has 20 heavy (non-hydrogen) atoms. The number of amides is 1. The molecule has 0 aromatic carbocycles. The van der Waals surface area contributed by atoms with Gasteiger partial charge in [0.25, 0.3) is 0 Å². The van der Waals surface area contributed by atoms with Crippen LogP contribution in [0.4, 0.5) is 0 Å². The van der Waals surface area contributed by atoms with E-state index in [2.05, 4.69) is 10.3 Å². The summed E-state index contributed by atoms with van der Waals surface area (Å²) in [7, 11) is 1.66. The zero-order valence-corrected chi connectivity index (χ0v) is 12.6. The van der Waals surface area contributed by atoms with Crippen LogP contribution in [0.5, 0.6) is 0 Å². The lowest BCUT2D eigenvalue weighted by Gasteiger charge is -2.40. The van der Waals surface area contributed by atoms with Gasteiger partial charge >= 0.3 is 0 Å². The molecule has 1 fully saturated rings. The second-order valence-corrected chi connectivity index (χ2v) is 5.92. The number of methoxy groups -OCH3 is 1. The van der Waals surface area contributed by atoms with Crippen LogP contribution in [-0.2, 0) is 16.0 Å². The van der Waals surface area contributed by atoms with Gasteiger partial charge in [0, 0.05) is 31.0 Å². The Hall–Kier alpha value is -1.42. The Morgan fingerprint density at radius 3 is 2.80 bits per heavy atom. The minimum atomic E-state index is -0.289. The number of hydrogen-bond acceptors (Lipinski definition) is 3. The van der Waals surface area contributed by atoms with Gasteiger partial charge in [-0.1, -0.05) is 12.5 Å². The quantitative estimate of drug-likeness (QED) is 0.867. The Bertz CT molecular complexity index is 469. The predicted octanol–water partition coefficient (Wildman–Crippen LogP) is 2.25. The summed E-state index contributed by atoms with van der Waals surface area (Å²) in [5.74, 6) is 0.130. The van der Waals surface area contributed by atoms with Crippen molar-refractivity contribution < 1.29 is 9.53 Å². The number of aryl methyl sites for hydroxylation is 1. The maximum absolute atomic E-state index is 12.4. The fourth-order valence-corrected chi connectivity index (χ4v) is 2.77. The molecular formula is C16H24N2O2. The van der Waals surface area contributed by atoms with Gasteiger partial charge in [0.1, 0.15) is 0 Å². The summed E-state index contributed by atoms with van der Waals surface area (Å²) in [5.41, 5.74) is 1.74. The van der Waals surface area contributed by atoms with E-state index in [4.69, 9.17) is 4.74 Å². The van der Waals surface area contributed by atoms with E-state index in [9.17, 15) is 4.79 Å². The van der Waals surface area contributed by atoms with E-state index >= 15 is 0 Å². The molecule has 1 atom stereocenters. The van der Waals surface area contributed by atoms with Crippen LogP contribution in [0.3, 0.4) is 0 Å². The zero-order valence-electron chi connectivity index (χ0n) is 12.6. The van der Waals surface area contributed by atoms with E-state index in [1.807, 2.05) is 32.0 Å². The van der Waals surface area contributed by atoms with Gasteiger partial charge in [0.15, 0.2) is 0 Å². The van der Waals surface area contributed by atoms with Crippen LogP contribution in [0.2, 0.25) is 0 Å². The lowest BCUT2D eigenvalue weighted by Crippen LogP contribution is -2.51. The van der Waals surface area contributed by atoms with E-state index in [0.29, 0.717) is 6.61 Å². The van der Waals surface area contributed by atoms with Crippen LogP contribution < -0.4 is 5.32 Å². The van der Waals surface area contributed by atoms with E-state index in [1.54, 1.807) is 7.11 Å². The number of nitrogens with one attached hydrogen (secondary N) is 1. The molecule has 1 aromatic rings. The summed E-state index contributed by atoms with van der Waals surface area (Å²) in [6.45, 7) is 4.53. The van der Waals surface area contributed by atoms with Crippen LogP contribution in [-0.4, -0.2) is 30.6 Å². The van der Waals surface area contributed by atoms with Crippen molar-refractivity contribution >= 4 is 5.91 Å². The minimum Gasteiger partial charge on any atom is -0.384 e. The fourth-order valence-electron chi connectivity index (χ4n) is 2.77. The summed E-state index contributed by atoms with van der Waals surface area (Å²) in [6.07, 6.45) is 3.74. The smallest absolute Gasteiger partial charge is 0.228 e. The number of pyridine rings is 1. The average Bonchev–Trinajstić information content (AvgIpc) is 2.33. The summed E-state index contributed by atoms with van der Waals surface area (Å²) in [4.78, 5) is 16.9. The van der Waals surface area contributed by atoms with Crippen LogP contribution in [0, 0.1) is 12.3 Å². The maximum Gasteiger partial charge on any atom is 0.228 e. The number of ether oxygens (including phenoxy) is 1. The second kappa shape index (κ2) is 6.35. The van der Waals surface area contributed by atoms with Gasteiger partial charge in [-0.3, -0.25) is 9.78 Å². The Labute approximate surface area is 120 Å². The standard InChI is InChI=1S/C16H24N2O2/c1-12-6-4-7-14(17-12)10-13(2)18-15(19)16(11-20-3)8-5-9-16/h4,6-7,13H,5,8-11H2,1-3H3,(H,18,19)/t13-/m1/s1. The highest BCUT2D eigenvalue weighted by Gasteiger charge is 2.44. The van der Waals surface area contributed by atoms with Crippen molar-refractivity contribution in [3.8, 4) is 0 Å². The van der Waals surface area contributed by atoms with Gasteiger partial charge in [-0.25, -0.2) is 0 Å². The first kappa shape index (κ1) is 15.0. The van der Waals surface area contributed by atoms with Crippen molar-refractivity contribution in [3.05, 3.63) is 29.6 Å². The molecule has 1 aromatic heterocycles. The number of rotatable bonds is 6. The Morgan fingerprint density at radius 2 is 2.25 bits per heavy atom. The van der Waals surface area contributed by atoms with E-state index in [1.165, 1.54) is 0 Å². The lowest BCUT2D eigenvalue weighted by molar-refractivity contribution is -0.141. The molecule has 0 aliphatic heterocycles. The van der Waals surface area contributed by atoms with Gasteiger partial charge in [0.05, 0.1) is 12.0 Å². The first-order valence-electron chi connectivity index (χ1n) is 7.28. The Balaban J connectivity index is 1.90. The molecule has 0 spiro atoms. The molecule has 2 rings (SSSR count). The first-order valence-corrected chi connectivity index (χ1v) is 7.28. The first-order chi connectivity index (χ1) is 9.55. The molecule has 1 amide bonds. The number of hydrogen-bond donors (Lipinski definition) is 1. The molecule has 0 bridgehead atoms. The molecule has 1 N–H and O–H groups in total. The van der Waals surface area contributed by atoms with E-state index in [-0.39, 0.29) is 17.4 Å². The molecule has 0 saturated heterocycles. The topological polar surface area (TPSA) is 51.2 Å². The normalized spacial score (nSPS) is 18.1. The Kier molecular flexibility index (Phi) is 4.76. The predicted molar refractivity (Wildman–Crippen MR) is 78.4 cm³/mol. The molecule has 1 aliphatic carbocycles. The molecule has 0 radical (unpaired) electrons. The van der Waals surface area contributed by atoms with Crippen molar-refractivity contribution in [2.45, 2.75) is 45.6 Å². The third-order valence-corrected chi connectivity index (χ3v) is 4.05. The van der Waals surface area contributed by atoms with E-state index in [0.717, 1.165) is 37.1 Å². The highest BCUT2D eigenvalue weighted by Crippen LogP contribution is 2.41. The highest BCUT2D eigenvalue weighted by atomic mass is 16.5. The number of aromatic nitrogens is 1. The third-order valence-electron chi connectivity index (χ3n) is 4.05. The lowest BCUT2D eigenvalue weighted by atomic mass is 9.68. The summed E-state index contributed by atoms with van der Waals surface area (Å²) in [6, 6.07) is 6.08. The second-order valence-electron chi connectivity index (χ2n) is 5.92. The van der Waals surface area contributed by atoms with Gasteiger partial charge < -0.3 is 10.1 Å². The minimum absolute atomic E-state index is 0.0890. The van der Waals surface area contributed by atoms with Crippen LogP contribution in [0.1, 0.15) is 37.6 Å². The maximum atomic E-state index is 12.4. The number of carbonyl (C=O) groups is 1. The van der Waals surface area contributed by atoms with Crippen molar-refractivity contribution in [3.63, 3.8) is 0 Å². The molecule has 0 unspecified atom stereocenters. The molecule has 4 heteroatoms. The highest BCUT2D eigenvalue weighted by molar-refractivity contribution is 5.84. The van der Waals surface area contributed by atoms with Gasteiger partial charge in [-0.15, -0.1) is 0 Å².